The van der Waals surface area contributed by atoms with Crippen LogP contribution >= 0.6 is 0 Å². The van der Waals surface area contributed by atoms with Crippen LogP contribution in [0.4, 0.5) is 11.4 Å². The highest BCUT2D eigenvalue weighted by Gasteiger charge is 2.20. The molecule has 1 unspecified atom stereocenters. The number of nitrogens with two attached hydrogens (primary N) is 1. The molecular weight excluding hydrogens is 224 g/mol. The van der Waals surface area contributed by atoms with Crippen molar-refractivity contribution in [2.75, 3.05) is 31.2 Å². The van der Waals surface area contributed by atoms with Gasteiger partial charge in [0.05, 0.1) is 23.1 Å². The number of anilines is 2. The zero-order valence-corrected chi connectivity index (χ0v) is 10.6. The summed E-state index contributed by atoms with van der Waals surface area (Å²) in [6.45, 7) is 2.21. The molecule has 0 bridgehead atoms. The molecule has 2 heterocycles. The molecule has 1 fully saturated rings. The van der Waals surface area contributed by atoms with Crippen molar-refractivity contribution in [3.63, 3.8) is 0 Å². The molecule has 2 aromatic rings. The minimum atomic E-state index is 0.475. The molecule has 0 amide bonds. The van der Waals surface area contributed by atoms with Gasteiger partial charge in [-0.25, -0.2) is 0 Å². The molecule has 18 heavy (non-hydrogen) atoms. The largest absolute Gasteiger partial charge is 0.396 e. The summed E-state index contributed by atoms with van der Waals surface area (Å²) in [5.41, 5.74) is 8.80. The number of nitrogens with zero attached hydrogens (tertiary/aromatic N) is 2. The van der Waals surface area contributed by atoms with E-state index in [9.17, 15) is 0 Å². The zero-order valence-electron chi connectivity index (χ0n) is 10.6. The highest BCUT2D eigenvalue weighted by atomic mass is 15.2. The third-order valence-electron chi connectivity index (χ3n) is 3.54. The first kappa shape index (κ1) is 11.3. The van der Waals surface area contributed by atoms with Crippen molar-refractivity contribution in [3.05, 3.63) is 30.5 Å². The second-order valence-corrected chi connectivity index (χ2v) is 5.00. The minimum absolute atomic E-state index is 0.475. The van der Waals surface area contributed by atoms with Crippen molar-refractivity contribution >= 4 is 22.3 Å². The van der Waals surface area contributed by atoms with Gasteiger partial charge in [-0.1, -0.05) is 18.2 Å². The topological polar surface area (TPSA) is 54.2 Å². The smallest absolute Gasteiger partial charge is 0.0743 e. The van der Waals surface area contributed by atoms with Gasteiger partial charge in [0.2, 0.25) is 0 Å². The highest BCUT2D eigenvalue weighted by Crippen LogP contribution is 2.29. The predicted molar refractivity (Wildman–Crippen MR) is 75.7 cm³/mol. The van der Waals surface area contributed by atoms with Gasteiger partial charge < -0.3 is 16.0 Å². The second kappa shape index (κ2) is 4.46. The first-order valence-corrected chi connectivity index (χ1v) is 6.32. The molecule has 1 aromatic heterocycles. The molecule has 1 aromatic carbocycles. The van der Waals surface area contributed by atoms with Crippen LogP contribution in [0.2, 0.25) is 0 Å². The number of rotatable bonds is 2. The van der Waals surface area contributed by atoms with E-state index in [1.54, 1.807) is 6.20 Å². The van der Waals surface area contributed by atoms with E-state index in [4.69, 9.17) is 5.73 Å². The average Bonchev–Trinajstić information content (AvgIpc) is 2.79. The van der Waals surface area contributed by atoms with Crippen molar-refractivity contribution < 1.29 is 0 Å². The normalized spacial score (nSPS) is 20.4. The van der Waals surface area contributed by atoms with Gasteiger partial charge >= 0.3 is 0 Å². The third kappa shape index (κ3) is 1.99. The number of aromatic nitrogens is 1. The average molecular weight is 242 g/mol. The summed E-state index contributed by atoms with van der Waals surface area (Å²) in [6.07, 6.45) is 2.90. The Bertz CT molecular complexity index is 567. The number of pyridine rings is 1. The van der Waals surface area contributed by atoms with Crippen molar-refractivity contribution in [3.8, 4) is 0 Å². The Kier molecular flexibility index (Phi) is 2.80. The van der Waals surface area contributed by atoms with Gasteiger partial charge in [0, 0.05) is 18.0 Å². The molecule has 1 saturated heterocycles. The number of benzene rings is 1. The van der Waals surface area contributed by atoms with Crippen LogP contribution in [0.15, 0.2) is 30.5 Å². The Balaban J connectivity index is 1.97. The molecule has 0 aliphatic carbocycles. The Morgan fingerprint density at radius 1 is 1.39 bits per heavy atom. The lowest BCUT2D eigenvalue weighted by Gasteiger charge is -2.17. The van der Waals surface area contributed by atoms with Crippen LogP contribution in [0.1, 0.15) is 6.42 Å². The van der Waals surface area contributed by atoms with Crippen LogP contribution in [0.5, 0.6) is 0 Å². The molecule has 94 valence electrons. The lowest BCUT2D eigenvalue weighted by atomic mass is 10.1. The summed E-state index contributed by atoms with van der Waals surface area (Å²) in [5.74, 6) is 0. The molecule has 4 nitrogen and oxygen atoms in total. The van der Waals surface area contributed by atoms with Gasteiger partial charge in [-0.05, 0) is 26.1 Å². The van der Waals surface area contributed by atoms with E-state index >= 15 is 0 Å². The SMILES string of the molecule is CN1CCC(Nc2c(N)cnc3ccccc23)C1. The Labute approximate surface area is 107 Å². The van der Waals surface area contributed by atoms with Crippen molar-refractivity contribution in [2.24, 2.45) is 0 Å². The number of fused-ring (bicyclic) bond motifs is 1. The van der Waals surface area contributed by atoms with Gasteiger partial charge in [-0.15, -0.1) is 0 Å². The minimum Gasteiger partial charge on any atom is -0.396 e. The van der Waals surface area contributed by atoms with Crippen molar-refractivity contribution in [1.82, 2.24) is 9.88 Å². The van der Waals surface area contributed by atoms with Crippen LogP contribution < -0.4 is 11.1 Å². The molecule has 0 saturated carbocycles. The Morgan fingerprint density at radius 3 is 3.00 bits per heavy atom. The number of nitrogens with one attached hydrogen (secondary N) is 1. The fourth-order valence-electron chi connectivity index (χ4n) is 2.57. The molecule has 3 rings (SSSR count). The van der Waals surface area contributed by atoms with E-state index in [1.807, 2.05) is 18.2 Å². The molecule has 1 atom stereocenters. The summed E-state index contributed by atoms with van der Waals surface area (Å²) >= 11 is 0. The van der Waals surface area contributed by atoms with Gasteiger partial charge in [0.25, 0.3) is 0 Å². The molecule has 1 aliphatic rings. The molecule has 3 N–H and O–H groups in total. The van der Waals surface area contributed by atoms with Gasteiger partial charge in [0.1, 0.15) is 0 Å². The van der Waals surface area contributed by atoms with E-state index in [0.29, 0.717) is 6.04 Å². The summed E-state index contributed by atoms with van der Waals surface area (Å²) in [5, 5.41) is 4.68. The number of nitrogen functional groups attached to an aromatic ring is 1. The standard InChI is InChI=1S/C14H18N4/c1-18-7-6-10(9-18)17-14-11-4-2-3-5-13(11)16-8-12(14)15/h2-5,8,10H,6-7,9,15H2,1H3,(H,16,17). The molecule has 1 aliphatic heterocycles. The van der Waals surface area contributed by atoms with Crippen LogP contribution in [-0.4, -0.2) is 36.1 Å². The Hall–Kier alpha value is -1.81. The first-order valence-electron chi connectivity index (χ1n) is 6.32. The van der Waals surface area contributed by atoms with E-state index in [1.165, 1.54) is 0 Å². The monoisotopic (exact) mass is 242 g/mol. The maximum Gasteiger partial charge on any atom is 0.0743 e. The number of para-hydroxylation sites is 1. The zero-order chi connectivity index (χ0) is 12.5. The lowest BCUT2D eigenvalue weighted by Crippen LogP contribution is -2.24. The lowest BCUT2D eigenvalue weighted by molar-refractivity contribution is 0.414. The molecule has 0 radical (unpaired) electrons. The van der Waals surface area contributed by atoms with Gasteiger partial charge in [0.15, 0.2) is 0 Å². The predicted octanol–water partition coefficient (Wildman–Crippen LogP) is 1.93. The van der Waals surface area contributed by atoms with Gasteiger partial charge in [-0.2, -0.15) is 0 Å². The number of likely N-dealkylation sites (tertiary alicyclic amines) is 1. The van der Waals surface area contributed by atoms with Crippen LogP contribution in [0, 0.1) is 0 Å². The third-order valence-corrected chi connectivity index (χ3v) is 3.54. The fourth-order valence-corrected chi connectivity index (χ4v) is 2.57. The number of hydrogen-bond donors (Lipinski definition) is 2. The van der Waals surface area contributed by atoms with Crippen LogP contribution in [0.25, 0.3) is 10.9 Å². The summed E-state index contributed by atoms with van der Waals surface area (Å²) in [7, 11) is 2.15. The highest BCUT2D eigenvalue weighted by molar-refractivity contribution is 5.96. The number of likely N-dealkylation sites (N-methyl/N-ethyl adjacent to an activating group) is 1. The summed E-state index contributed by atoms with van der Waals surface area (Å²) < 4.78 is 0. The van der Waals surface area contributed by atoms with E-state index in [-0.39, 0.29) is 0 Å². The second-order valence-electron chi connectivity index (χ2n) is 5.00. The fraction of sp³-hybridized carbons (Fsp3) is 0.357. The summed E-state index contributed by atoms with van der Waals surface area (Å²) in [6, 6.07) is 8.58. The quantitative estimate of drug-likeness (QED) is 0.845. The Morgan fingerprint density at radius 2 is 2.22 bits per heavy atom. The maximum atomic E-state index is 6.06. The van der Waals surface area contributed by atoms with Crippen LogP contribution in [0.3, 0.4) is 0 Å². The van der Waals surface area contributed by atoms with Crippen molar-refractivity contribution in [1.29, 1.82) is 0 Å². The van der Waals surface area contributed by atoms with Crippen molar-refractivity contribution in [2.45, 2.75) is 12.5 Å². The van der Waals surface area contributed by atoms with E-state index in [0.717, 1.165) is 41.8 Å². The van der Waals surface area contributed by atoms with E-state index < -0.39 is 0 Å². The summed E-state index contributed by atoms with van der Waals surface area (Å²) in [4.78, 5) is 6.69. The van der Waals surface area contributed by atoms with E-state index in [2.05, 4.69) is 28.3 Å². The molecule has 0 spiro atoms. The molecule has 4 heteroatoms. The number of hydrogen-bond acceptors (Lipinski definition) is 4. The van der Waals surface area contributed by atoms with Gasteiger partial charge in [-0.3, -0.25) is 4.98 Å². The maximum absolute atomic E-state index is 6.06. The molecular formula is C14H18N4. The van der Waals surface area contributed by atoms with Crippen LogP contribution in [-0.2, 0) is 0 Å². The first-order chi connectivity index (χ1) is 8.74.